The summed E-state index contributed by atoms with van der Waals surface area (Å²) in [7, 11) is -3.39. The molecule has 0 aliphatic carbocycles. The lowest BCUT2D eigenvalue weighted by molar-refractivity contribution is 0.249. The number of hydrogen-bond donors (Lipinski definition) is 1. The molecule has 0 saturated carbocycles. The first-order valence-corrected chi connectivity index (χ1v) is 7.01. The van der Waals surface area contributed by atoms with E-state index >= 15 is 0 Å². The summed E-state index contributed by atoms with van der Waals surface area (Å²) in [5.41, 5.74) is 0. The molecule has 1 atom stereocenters. The second-order valence-corrected chi connectivity index (χ2v) is 5.90. The van der Waals surface area contributed by atoms with Crippen molar-refractivity contribution in [2.75, 3.05) is 12.4 Å². The summed E-state index contributed by atoms with van der Waals surface area (Å²) in [6.07, 6.45) is 4.01. The summed E-state index contributed by atoms with van der Waals surface area (Å²) in [5, 5.41) is 8.98. The van der Waals surface area contributed by atoms with Crippen molar-refractivity contribution in [3.05, 3.63) is 12.4 Å². The average molecular weight is 246 g/mol. The zero-order valence-electron chi connectivity index (χ0n) is 9.63. The van der Waals surface area contributed by atoms with Crippen molar-refractivity contribution in [1.82, 2.24) is 9.55 Å². The summed E-state index contributed by atoms with van der Waals surface area (Å²) in [6.45, 7) is 4.19. The van der Waals surface area contributed by atoms with Crippen LogP contribution in [-0.4, -0.2) is 35.4 Å². The van der Waals surface area contributed by atoms with Crippen LogP contribution in [0.25, 0.3) is 0 Å². The number of rotatable bonds is 6. The maximum atomic E-state index is 12.0. The molecule has 0 aliphatic heterocycles. The molecule has 0 bridgehead atoms. The lowest BCUT2D eigenvalue weighted by atomic mass is 10.2. The number of sulfone groups is 1. The predicted molar refractivity (Wildman–Crippen MR) is 60.8 cm³/mol. The predicted octanol–water partition coefficient (Wildman–Crippen LogP) is 0.695. The van der Waals surface area contributed by atoms with E-state index in [-0.39, 0.29) is 23.4 Å². The fourth-order valence-electron chi connectivity index (χ4n) is 1.49. The maximum Gasteiger partial charge on any atom is 0.227 e. The standard InChI is InChI=1S/C10H18N2O3S/c1-3-5-12-6-4-11-10(12)16(14,15)8-9(2)7-13/h4,6,9,13H,3,5,7-8H2,1-2H3. The van der Waals surface area contributed by atoms with Gasteiger partial charge in [-0.3, -0.25) is 0 Å². The Morgan fingerprint density at radius 3 is 2.81 bits per heavy atom. The molecule has 0 fully saturated rings. The van der Waals surface area contributed by atoms with Gasteiger partial charge in [0, 0.05) is 25.5 Å². The first-order valence-electron chi connectivity index (χ1n) is 5.36. The van der Waals surface area contributed by atoms with Gasteiger partial charge < -0.3 is 9.67 Å². The Balaban J connectivity index is 2.93. The molecule has 1 N–H and O–H groups in total. The van der Waals surface area contributed by atoms with Crippen LogP contribution in [0.5, 0.6) is 0 Å². The Kier molecular flexibility index (Phi) is 4.49. The Hall–Kier alpha value is -0.880. The van der Waals surface area contributed by atoms with Crippen LogP contribution < -0.4 is 0 Å². The van der Waals surface area contributed by atoms with Gasteiger partial charge in [0.1, 0.15) is 0 Å². The fraction of sp³-hybridized carbons (Fsp3) is 0.700. The van der Waals surface area contributed by atoms with Crippen molar-refractivity contribution in [2.24, 2.45) is 5.92 Å². The molecular weight excluding hydrogens is 228 g/mol. The molecule has 0 aromatic carbocycles. The summed E-state index contributed by atoms with van der Waals surface area (Å²) >= 11 is 0. The van der Waals surface area contributed by atoms with Crippen LogP contribution in [0.1, 0.15) is 20.3 Å². The van der Waals surface area contributed by atoms with E-state index in [1.165, 1.54) is 6.20 Å². The van der Waals surface area contributed by atoms with Crippen LogP contribution in [0.15, 0.2) is 17.6 Å². The maximum absolute atomic E-state index is 12.0. The second-order valence-electron chi connectivity index (χ2n) is 3.97. The molecule has 1 rings (SSSR count). The molecule has 16 heavy (non-hydrogen) atoms. The van der Waals surface area contributed by atoms with E-state index in [0.717, 1.165) is 6.42 Å². The molecule has 0 spiro atoms. The lowest BCUT2D eigenvalue weighted by Crippen LogP contribution is -2.20. The quantitative estimate of drug-likeness (QED) is 0.801. The Labute approximate surface area is 96.0 Å². The van der Waals surface area contributed by atoms with Crippen molar-refractivity contribution in [3.8, 4) is 0 Å². The topological polar surface area (TPSA) is 72.2 Å². The Morgan fingerprint density at radius 1 is 1.56 bits per heavy atom. The Morgan fingerprint density at radius 2 is 2.25 bits per heavy atom. The van der Waals surface area contributed by atoms with Gasteiger partial charge in [0.15, 0.2) is 0 Å². The minimum atomic E-state index is -3.39. The fourth-order valence-corrected chi connectivity index (χ4v) is 3.22. The normalized spacial score (nSPS) is 13.9. The number of nitrogens with zero attached hydrogens (tertiary/aromatic N) is 2. The van der Waals surface area contributed by atoms with Crippen LogP contribution in [0.4, 0.5) is 0 Å². The summed E-state index contributed by atoms with van der Waals surface area (Å²) in [5.74, 6) is -0.332. The molecule has 1 aromatic heterocycles. The highest BCUT2D eigenvalue weighted by atomic mass is 32.2. The molecule has 0 amide bonds. The van der Waals surface area contributed by atoms with Gasteiger partial charge in [-0.25, -0.2) is 13.4 Å². The van der Waals surface area contributed by atoms with Crippen LogP contribution in [-0.2, 0) is 16.4 Å². The van der Waals surface area contributed by atoms with Gasteiger partial charge in [0.2, 0.25) is 15.0 Å². The monoisotopic (exact) mass is 246 g/mol. The molecule has 0 aliphatic rings. The third-order valence-corrected chi connectivity index (χ3v) is 4.14. The van der Waals surface area contributed by atoms with Crippen LogP contribution in [0.3, 0.4) is 0 Å². The minimum Gasteiger partial charge on any atom is -0.396 e. The van der Waals surface area contributed by atoms with Gasteiger partial charge in [-0.2, -0.15) is 0 Å². The summed E-state index contributed by atoms with van der Waals surface area (Å²) in [4.78, 5) is 3.89. The van der Waals surface area contributed by atoms with E-state index < -0.39 is 9.84 Å². The minimum absolute atomic E-state index is 0.0653. The first kappa shape index (κ1) is 13.2. The number of aryl methyl sites for hydroxylation is 1. The van der Waals surface area contributed by atoms with Crippen molar-refractivity contribution in [2.45, 2.75) is 32.0 Å². The van der Waals surface area contributed by atoms with Gasteiger partial charge in [0.05, 0.1) is 5.75 Å². The van der Waals surface area contributed by atoms with Gasteiger partial charge in [-0.05, 0) is 12.3 Å². The van der Waals surface area contributed by atoms with Crippen LogP contribution in [0, 0.1) is 5.92 Å². The van der Waals surface area contributed by atoms with Crippen LogP contribution >= 0.6 is 0 Å². The van der Waals surface area contributed by atoms with E-state index in [2.05, 4.69) is 4.98 Å². The molecule has 0 radical (unpaired) electrons. The van der Waals surface area contributed by atoms with E-state index in [0.29, 0.717) is 6.54 Å². The molecule has 92 valence electrons. The lowest BCUT2D eigenvalue weighted by Gasteiger charge is -2.10. The number of aromatic nitrogens is 2. The van der Waals surface area contributed by atoms with Gasteiger partial charge in [-0.15, -0.1) is 0 Å². The molecule has 1 heterocycles. The Bertz CT molecular complexity index is 425. The largest absolute Gasteiger partial charge is 0.396 e. The van der Waals surface area contributed by atoms with Crippen molar-refractivity contribution in [1.29, 1.82) is 0 Å². The van der Waals surface area contributed by atoms with E-state index in [9.17, 15) is 8.42 Å². The smallest absolute Gasteiger partial charge is 0.227 e. The highest BCUT2D eigenvalue weighted by Gasteiger charge is 2.22. The zero-order valence-corrected chi connectivity index (χ0v) is 10.4. The van der Waals surface area contributed by atoms with E-state index in [1.54, 1.807) is 17.7 Å². The second kappa shape index (κ2) is 5.45. The van der Waals surface area contributed by atoms with E-state index in [1.807, 2.05) is 6.92 Å². The molecule has 0 saturated heterocycles. The van der Waals surface area contributed by atoms with Crippen LogP contribution in [0.2, 0.25) is 0 Å². The molecule has 1 aromatic rings. The van der Waals surface area contributed by atoms with Crippen molar-refractivity contribution >= 4 is 9.84 Å². The average Bonchev–Trinajstić information content (AvgIpc) is 2.66. The number of imidazole rings is 1. The zero-order chi connectivity index (χ0) is 12.2. The first-order chi connectivity index (χ1) is 7.51. The third-order valence-electron chi connectivity index (χ3n) is 2.24. The van der Waals surface area contributed by atoms with Crippen molar-refractivity contribution < 1.29 is 13.5 Å². The van der Waals surface area contributed by atoms with Gasteiger partial charge in [-0.1, -0.05) is 13.8 Å². The van der Waals surface area contributed by atoms with Gasteiger partial charge in [0.25, 0.3) is 0 Å². The van der Waals surface area contributed by atoms with Crippen molar-refractivity contribution in [3.63, 3.8) is 0 Å². The number of hydrogen-bond acceptors (Lipinski definition) is 4. The summed E-state index contributed by atoms with van der Waals surface area (Å²) < 4.78 is 25.6. The van der Waals surface area contributed by atoms with Gasteiger partial charge >= 0.3 is 0 Å². The molecule has 6 heteroatoms. The van der Waals surface area contributed by atoms with E-state index in [4.69, 9.17) is 5.11 Å². The SMILES string of the molecule is CCCn1ccnc1S(=O)(=O)CC(C)CO. The summed E-state index contributed by atoms with van der Waals surface area (Å²) in [6, 6.07) is 0. The highest BCUT2D eigenvalue weighted by molar-refractivity contribution is 7.91. The highest BCUT2D eigenvalue weighted by Crippen LogP contribution is 2.12. The number of aliphatic hydroxyl groups excluding tert-OH is 1. The number of aliphatic hydroxyl groups is 1. The molecule has 1 unspecified atom stereocenters. The molecular formula is C10H18N2O3S. The molecule has 5 nitrogen and oxygen atoms in total. The third kappa shape index (κ3) is 3.05.